The average molecular weight is 1820 g/mol. The molecule has 5 rings (SSSR count). The van der Waals surface area contributed by atoms with Crippen molar-refractivity contribution in [3.63, 3.8) is 0 Å². The molecule has 0 spiro atoms. The Bertz CT molecular complexity index is 3930. The first-order chi connectivity index (χ1) is 59.0. The summed E-state index contributed by atoms with van der Waals surface area (Å²) in [5, 5.41) is 203. The Labute approximate surface area is 723 Å². The highest BCUT2D eigenvalue weighted by Gasteiger charge is 2.40. The molecule has 18 unspecified atom stereocenters. The lowest BCUT2D eigenvalue weighted by Gasteiger charge is -2.28. The van der Waals surface area contributed by atoms with Crippen LogP contribution >= 0.6 is 23.5 Å². The van der Waals surface area contributed by atoms with E-state index in [1.165, 1.54) is 0 Å². The molecule has 0 saturated carbocycles. The highest BCUT2D eigenvalue weighted by atomic mass is 32.2. The van der Waals surface area contributed by atoms with Crippen LogP contribution < -0.4 is 74.9 Å². The van der Waals surface area contributed by atoms with Crippen LogP contribution in [0.2, 0.25) is 0 Å². The molecule has 0 aliphatic heterocycles. The number of thioether (sulfide) groups is 2. The van der Waals surface area contributed by atoms with E-state index in [1.807, 2.05) is 0 Å². The average Bonchev–Trinajstić information content (AvgIpc) is 0.825. The lowest BCUT2D eigenvalue weighted by atomic mass is 9.91. The number of primary amides is 1. The van der Waals surface area contributed by atoms with Crippen molar-refractivity contribution in [1.29, 1.82) is 0 Å². The Morgan fingerprint density at radius 1 is 0.304 bits per heavy atom. The number of aliphatic carboxylic acids is 2. The van der Waals surface area contributed by atoms with Gasteiger partial charge in [0.15, 0.2) is 0 Å². The van der Waals surface area contributed by atoms with Crippen molar-refractivity contribution >= 4 is 118 Å². The molecule has 700 valence electrons. The van der Waals surface area contributed by atoms with Crippen molar-refractivity contribution in [2.75, 3.05) is 68.8 Å². The minimum atomic E-state index is -1.72. The molecule has 0 bridgehead atoms. The molecule has 0 aromatic carbocycles. The molecule has 49 heteroatoms. The Balaban J connectivity index is 1.31. The van der Waals surface area contributed by atoms with Gasteiger partial charge in [0, 0.05) is 111 Å². The Morgan fingerprint density at radius 2 is 0.568 bits per heavy atom. The first-order valence-electron chi connectivity index (χ1n) is 40.4. The molecule has 5 aliphatic rings. The zero-order valence-corrected chi connectivity index (χ0v) is 69.7. The third kappa shape index (κ3) is 36.7. The maximum atomic E-state index is 14.5. The van der Waals surface area contributed by atoms with Crippen molar-refractivity contribution in [2.45, 2.75) is 243 Å². The monoisotopic (exact) mass is 1820 g/mol. The fraction of sp³-hybridized carbons (Fsp3) is 0.658. The smallest absolute Gasteiger partial charge is 0.322 e. The summed E-state index contributed by atoms with van der Waals surface area (Å²) in [5.74, 6) is -17.6. The lowest BCUT2D eigenvalue weighted by molar-refractivity contribution is -0.138. The number of amides is 14. The number of hydrogen-bond donors (Lipinski definition) is 31. The van der Waals surface area contributed by atoms with Crippen molar-refractivity contribution in [1.82, 2.24) is 69.1 Å². The maximum Gasteiger partial charge on any atom is 0.322 e. The number of aliphatic hydroxyl groups excluding tert-OH is 15. The van der Waals surface area contributed by atoms with Crippen LogP contribution in [0.4, 0.5) is 0 Å². The van der Waals surface area contributed by atoms with Gasteiger partial charge in [0.05, 0.1) is 42.0 Å². The Hall–Kier alpha value is -9.68. The van der Waals surface area contributed by atoms with Crippen LogP contribution in [0.3, 0.4) is 0 Å². The van der Waals surface area contributed by atoms with Gasteiger partial charge in [-0.1, -0.05) is 0 Å². The van der Waals surface area contributed by atoms with Gasteiger partial charge in [-0.3, -0.25) is 76.7 Å². The number of carbonyl (C=O) groups excluding carboxylic acids is 14. The van der Waals surface area contributed by atoms with Gasteiger partial charge in [0.25, 0.3) is 0 Å². The van der Waals surface area contributed by atoms with Gasteiger partial charge in [0.2, 0.25) is 82.7 Å². The summed E-state index contributed by atoms with van der Waals surface area (Å²) in [4.78, 5) is 212. The minimum Gasteiger partial charge on any atom is -0.480 e. The number of nitrogens with one attached hydrogen (secondary N) is 13. The van der Waals surface area contributed by atoms with Crippen LogP contribution in [0.5, 0.6) is 0 Å². The van der Waals surface area contributed by atoms with Gasteiger partial charge >= 0.3 is 11.9 Å². The number of carboxylic acid groups (broad SMARTS) is 2. The fourth-order valence-corrected chi connectivity index (χ4v) is 15.0. The van der Waals surface area contributed by atoms with E-state index in [-0.39, 0.29) is 163 Å². The molecule has 0 aromatic rings. The molecule has 14 amide bonds. The fourth-order valence-electron chi connectivity index (χ4n) is 13.2. The second-order valence-electron chi connectivity index (χ2n) is 30.4. The van der Waals surface area contributed by atoms with Gasteiger partial charge in [-0.2, -0.15) is 0 Å². The first kappa shape index (κ1) is 106. The summed E-state index contributed by atoms with van der Waals surface area (Å²) < 4.78 is 0. The third-order valence-corrected chi connectivity index (χ3v) is 22.4. The summed E-state index contributed by atoms with van der Waals surface area (Å²) in [6.45, 7) is -2.54. The molecule has 125 heavy (non-hydrogen) atoms. The molecule has 0 radical (unpaired) electrons. The van der Waals surface area contributed by atoms with Crippen LogP contribution in [0.25, 0.3) is 0 Å². The van der Waals surface area contributed by atoms with Gasteiger partial charge < -0.3 is 162 Å². The molecular formula is C76H116N14O33S2. The zero-order valence-electron chi connectivity index (χ0n) is 68.0. The van der Waals surface area contributed by atoms with E-state index in [0.29, 0.717) is 11.8 Å². The highest BCUT2D eigenvalue weighted by molar-refractivity contribution is 8.00. The van der Waals surface area contributed by atoms with Gasteiger partial charge in [0.1, 0.15) is 110 Å². The van der Waals surface area contributed by atoms with Crippen molar-refractivity contribution in [3.05, 3.63) is 58.2 Å². The summed E-state index contributed by atoms with van der Waals surface area (Å²) in [5.41, 5.74) is 4.72. The zero-order chi connectivity index (χ0) is 92.9. The minimum absolute atomic E-state index is 0.00706. The molecule has 0 heterocycles. The summed E-state index contributed by atoms with van der Waals surface area (Å²) >= 11 is 1.43. The van der Waals surface area contributed by atoms with Crippen molar-refractivity contribution < 1.29 is 164 Å². The molecule has 0 fully saturated rings. The van der Waals surface area contributed by atoms with Crippen LogP contribution in [-0.2, 0) is 76.7 Å². The largest absolute Gasteiger partial charge is 0.480 e. The van der Waals surface area contributed by atoms with Crippen LogP contribution in [0.1, 0.15) is 116 Å². The van der Waals surface area contributed by atoms with Gasteiger partial charge in [-0.15, -0.1) is 23.5 Å². The highest BCUT2D eigenvalue weighted by Crippen LogP contribution is 2.26. The third-order valence-electron chi connectivity index (χ3n) is 20.4. The molecular weight excluding hydrogens is 1700 g/mol. The Kier molecular flexibility index (Phi) is 45.5. The number of nitrogens with two attached hydrogens (primary N) is 1. The molecule has 0 aromatic heterocycles. The molecule has 32 N–H and O–H groups in total. The van der Waals surface area contributed by atoms with Crippen molar-refractivity contribution in [2.24, 2.45) is 5.73 Å². The SMILES string of the molecule is NC(=O)CCNC(=O)[C@H](CCCCNC(=O)C1=CC(O)C(O)C(O)C1)NC(=O)C(CCCCNC(=O)CSC[C@H](NC(=O)C(CCCCNC(=O)C1=CC(O)C(O)C(O)C1)NC(=O)C1=CC(O)C(O)C(O)C1)C(=O)NCC(=O)O)NC(=O)CSCC(NC(=O)[C@H](CCCCNC(=O)C1=CC(O)C(O)C(O)C1)NC(=O)C1=CC(O)C(O)C(O)C1)C(=O)NCC(=O)O. The number of rotatable bonds is 52. The van der Waals surface area contributed by atoms with Crippen LogP contribution in [0.15, 0.2) is 58.2 Å². The molecule has 5 aliphatic carbocycles. The molecule has 21 atom stereocenters. The maximum absolute atomic E-state index is 14.5. The quantitative estimate of drug-likeness (QED) is 0.0252. The van der Waals surface area contributed by atoms with E-state index in [9.17, 15) is 164 Å². The molecule has 0 saturated heterocycles. The van der Waals surface area contributed by atoms with E-state index < -0.39 is 271 Å². The van der Waals surface area contributed by atoms with Gasteiger partial charge in [-0.05, 0) is 107 Å². The normalized spacial score (nSPS) is 24.9. The van der Waals surface area contributed by atoms with Crippen molar-refractivity contribution in [3.8, 4) is 0 Å². The van der Waals surface area contributed by atoms with Gasteiger partial charge in [-0.25, -0.2) is 0 Å². The lowest BCUT2D eigenvalue weighted by Crippen LogP contribution is -2.55. The molecule has 47 nitrogen and oxygen atoms in total. The number of unbranched alkanes of at least 4 members (excludes halogenated alkanes) is 4. The standard InChI is InChI=1S/C76H116N14O33S2/c77-56(101)13-18-82-71(118)40(9-2-6-15-79-66(113)35-19-46(91)61(108)47(92)20-35)88-74(121)41(85-58(103)34-125-32-45(73(120)84-30-60(106)107)90-76(123)43(87-70(117)39-27-54(99)65(112)55(100)28-39)12-4-8-17-81-68(115)37-23-50(95)63(110)51(96)24-37)10-1-5-14-78-57(102)33-124-31-44(72(119)83-29-59(104)105)89-75(122)42(86-69(116)38-25-52(97)64(111)53(98)26-38)11-3-7-16-80-67(114)36-21-48(93)62(109)49(94)22-36/h19,21,23,25,27,40-55,61-65,91-100,108-112H,1-18,20,22,24,26,28-34H2,(H2,77,101)(H,78,102)(H,79,113)(H,80,114)(H,81,115)(H,82,118)(H,83,119)(H,84,120)(H,85,103)(H,86,116)(H,87,117)(H,88,121)(H,89,122)(H,90,123)(H,104,105)(H,106,107)/t40-,41?,42?,43-,44-,45?,46?,47?,48?,49?,50?,51?,52?,53?,54?,55?,61?,62?,63?,64?,65?/m0/s1. The predicted molar refractivity (Wildman–Crippen MR) is 435 cm³/mol. The predicted octanol–water partition coefficient (Wildman–Crippen LogP) is -13.0. The second kappa shape index (κ2) is 53.7. The first-order valence-corrected chi connectivity index (χ1v) is 42.7. The second-order valence-corrected chi connectivity index (χ2v) is 32.5. The van der Waals surface area contributed by atoms with E-state index in [1.54, 1.807) is 0 Å². The topological polar surface area (TPSA) is 799 Å². The van der Waals surface area contributed by atoms with E-state index in [0.717, 1.165) is 42.1 Å². The number of aliphatic hydroxyl groups is 15. The number of hydrogen-bond acceptors (Lipinski definition) is 33. The number of carboxylic acids is 2. The van der Waals surface area contributed by atoms with E-state index >= 15 is 0 Å². The summed E-state index contributed by atoms with van der Waals surface area (Å²) in [6.07, 6.45) is -20.8. The van der Waals surface area contributed by atoms with E-state index in [2.05, 4.69) is 69.1 Å². The van der Waals surface area contributed by atoms with E-state index in [4.69, 9.17) is 5.73 Å². The van der Waals surface area contributed by atoms with Crippen LogP contribution in [-0.4, -0.2) is 378 Å². The summed E-state index contributed by atoms with van der Waals surface area (Å²) in [6, 6.07) is -9.41. The number of carbonyl (C=O) groups is 16. The van der Waals surface area contributed by atoms with Crippen LogP contribution in [0, 0.1) is 0 Å². The summed E-state index contributed by atoms with van der Waals surface area (Å²) in [7, 11) is 0. The Morgan fingerprint density at radius 3 is 0.864 bits per heavy atom.